The molecule has 0 spiro atoms. The molecule has 0 bridgehead atoms. The molecule has 4 rings (SSSR count). The largest absolute Gasteiger partial charge is 0.350 e. The predicted molar refractivity (Wildman–Crippen MR) is 104 cm³/mol. The topological polar surface area (TPSA) is 88.1 Å². The van der Waals surface area contributed by atoms with Gasteiger partial charge in [0.1, 0.15) is 6.04 Å². The Bertz CT molecular complexity index is 930. The minimum atomic E-state index is -0.742. The summed E-state index contributed by atoms with van der Waals surface area (Å²) in [6, 6.07) is 12.5. The van der Waals surface area contributed by atoms with Crippen molar-refractivity contribution in [1.82, 2.24) is 24.8 Å². The number of amides is 2. The van der Waals surface area contributed by atoms with Crippen LogP contribution in [0.2, 0.25) is 0 Å². The van der Waals surface area contributed by atoms with E-state index < -0.39 is 6.04 Å². The van der Waals surface area contributed by atoms with Crippen LogP contribution in [-0.4, -0.2) is 37.3 Å². The molecule has 3 aromatic rings. The number of nitrogens with zero attached hydrogens (tertiary/aromatic N) is 4. The molecule has 1 N–H and O–H groups in total. The highest BCUT2D eigenvalue weighted by atomic mass is 32.1. The summed E-state index contributed by atoms with van der Waals surface area (Å²) in [5.41, 5.74) is 1.99. The zero-order valence-electron chi connectivity index (χ0n) is 15.1. The number of carbonyl (C=O) groups is 2. The minimum absolute atomic E-state index is 0.0230. The first-order valence-electron chi connectivity index (χ1n) is 9.05. The standard InChI is InChI=1S/C20H19N5O2S/c26-19(22-12-14-4-2-1-3-5-14)18(15-8-10-21-11-9-15)25(16-6-7-16)20(27)17-13-28-24-23-17/h1-5,8-11,13,16,18H,6-7,12H2,(H,22,26)/t18-/m1/s1. The first kappa shape index (κ1) is 18.2. The number of nitrogens with one attached hydrogen (secondary N) is 1. The fourth-order valence-corrected chi connectivity index (χ4v) is 3.53. The second-order valence-electron chi connectivity index (χ2n) is 6.62. The third-order valence-corrected chi connectivity index (χ3v) is 5.12. The van der Waals surface area contributed by atoms with Crippen LogP contribution >= 0.6 is 11.5 Å². The van der Waals surface area contributed by atoms with Gasteiger partial charge in [-0.05, 0) is 47.6 Å². The number of benzene rings is 1. The van der Waals surface area contributed by atoms with Gasteiger partial charge in [-0.3, -0.25) is 14.6 Å². The Morgan fingerprint density at radius 2 is 1.89 bits per heavy atom. The summed E-state index contributed by atoms with van der Waals surface area (Å²) >= 11 is 1.12. The molecule has 2 heterocycles. The molecule has 1 saturated carbocycles. The third kappa shape index (κ3) is 4.07. The van der Waals surface area contributed by atoms with Crippen LogP contribution in [0, 0.1) is 0 Å². The molecule has 28 heavy (non-hydrogen) atoms. The van der Waals surface area contributed by atoms with E-state index in [4.69, 9.17) is 0 Å². The lowest BCUT2D eigenvalue weighted by Crippen LogP contribution is -2.45. The maximum atomic E-state index is 13.2. The Morgan fingerprint density at radius 3 is 2.54 bits per heavy atom. The maximum absolute atomic E-state index is 13.2. The van der Waals surface area contributed by atoms with Gasteiger partial charge in [0.05, 0.1) is 0 Å². The first-order chi connectivity index (χ1) is 13.7. The van der Waals surface area contributed by atoms with Gasteiger partial charge in [-0.2, -0.15) is 0 Å². The van der Waals surface area contributed by atoms with Crippen LogP contribution < -0.4 is 5.32 Å². The lowest BCUT2D eigenvalue weighted by Gasteiger charge is -2.30. The van der Waals surface area contributed by atoms with E-state index >= 15 is 0 Å². The third-order valence-electron chi connectivity index (χ3n) is 4.61. The molecule has 2 amide bonds. The molecule has 1 aromatic carbocycles. The number of pyridine rings is 1. The van der Waals surface area contributed by atoms with Crippen LogP contribution in [0.5, 0.6) is 0 Å². The molecule has 1 aliphatic rings. The Balaban J connectivity index is 1.62. The lowest BCUT2D eigenvalue weighted by atomic mass is 10.0. The maximum Gasteiger partial charge on any atom is 0.276 e. The van der Waals surface area contributed by atoms with E-state index in [1.54, 1.807) is 34.8 Å². The fourth-order valence-electron chi connectivity index (χ4n) is 3.10. The van der Waals surface area contributed by atoms with Crippen molar-refractivity contribution in [1.29, 1.82) is 0 Å². The van der Waals surface area contributed by atoms with E-state index in [2.05, 4.69) is 19.9 Å². The summed E-state index contributed by atoms with van der Waals surface area (Å²) in [6.07, 6.45) is 5.01. The molecule has 0 saturated heterocycles. The Morgan fingerprint density at radius 1 is 1.14 bits per heavy atom. The summed E-state index contributed by atoms with van der Waals surface area (Å²) in [4.78, 5) is 32.0. The SMILES string of the molecule is O=C(NCc1ccccc1)[C@@H](c1ccncc1)N(C(=O)c1csnn1)C1CC1. The molecule has 0 aliphatic heterocycles. The van der Waals surface area contributed by atoms with Gasteiger partial charge in [-0.15, -0.1) is 5.10 Å². The van der Waals surface area contributed by atoms with Gasteiger partial charge in [0.25, 0.3) is 5.91 Å². The molecule has 2 aromatic heterocycles. The Kier molecular flexibility index (Phi) is 5.38. The van der Waals surface area contributed by atoms with Crippen molar-refractivity contribution in [3.63, 3.8) is 0 Å². The van der Waals surface area contributed by atoms with Crippen LogP contribution in [0.1, 0.15) is 40.5 Å². The van der Waals surface area contributed by atoms with Crippen LogP contribution in [-0.2, 0) is 11.3 Å². The predicted octanol–water partition coefficient (Wildman–Crippen LogP) is 2.60. The number of aromatic nitrogens is 3. The average Bonchev–Trinajstić information content (AvgIpc) is 3.43. The van der Waals surface area contributed by atoms with Gasteiger partial charge in [0, 0.05) is 30.4 Å². The van der Waals surface area contributed by atoms with Gasteiger partial charge >= 0.3 is 0 Å². The van der Waals surface area contributed by atoms with Crippen molar-refractivity contribution in [2.24, 2.45) is 0 Å². The molecule has 1 fully saturated rings. The highest BCUT2D eigenvalue weighted by molar-refractivity contribution is 7.03. The number of carbonyl (C=O) groups excluding carboxylic acids is 2. The molecule has 142 valence electrons. The van der Waals surface area contributed by atoms with Gasteiger partial charge < -0.3 is 10.2 Å². The van der Waals surface area contributed by atoms with E-state index in [1.807, 2.05) is 30.3 Å². The molecule has 8 heteroatoms. The highest BCUT2D eigenvalue weighted by Gasteiger charge is 2.42. The quantitative estimate of drug-likeness (QED) is 0.667. The van der Waals surface area contributed by atoms with E-state index in [-0.39, 0.29) is 23.6 Å². The monoisotopic (exact) mass is 393 g/mol. The van der Waals surface area contributed by atoms with Crippen LogP contribution in [0.3, 0.4) is 0 Å². The summed E-state index contributed by atoms with van der Waals surface area (Å²) in [7, 11) is 0. The molecule has 1 aliphatic carbocycles. The van der Waals surface area contributed by atoms with E-state index in [1.165, 1.54) is 0 Å². The Hall–Kier alpha value is -3.13. The van der Waals surface area contributed by atoms with Gasteiger partial charge in [0.15, 0.2) is 5.69 Å². The van der Waals surface area contributed by atoms with Crippen LogP contribution in [0.25, 0.3) is 0 Å². The molecular weight excluding hydrogens is 374 g/mol. The van der Waals surface area contributed by atoms with E-state index in [9.17, 15) is 9.59 Å². The zero-order valence-corrected chi connectivity index (χ0v) is 15.9. The van der Waals surface area contributed by atoms with E-state index in [0.29, 0.717) is 6.54 Å². The number of hydrogen-bond acceptors (Lipinski definition) is 6. The lowest BCUT2D eigenvalue weighted by molar-refractivity contribution is -0.126. The van der Waals surface area contributed by atoms with Crippen LogP contribution in [0.15, 0.2) is 60.2 Å². The van der Waals surface area contributed by atoms with Crippen molar-refractivity contribution >= 4 is 23.3 Å². The Labute approximate surface area is 166 Å². The highest BCUT2D eigenvalue weighted by Crippen LogP contribution is 2.36. The summed E-state index contributed by atoms with van der Waals surface area (Å²) < 4.78 is 3.79. The zero-order chi connectivity index (χ0) is 19.3. The average molecular weight is 393 g/mol. The molecule has 0 unspecified atom stereocenters. The summed E-state index contributed by atoms with van der Waals surface area (Å²) in [6.45, 7) is 0.395. The van der Waals surface area contributed by atoms with Crippen molar-refractivity contribution in [3.05, 3.63) is 77.1 Å². The van der Waals surface area contributed by atoms with Crippen molar-refractivity contribution in [3.8, 4) is 0 Å². The van der Waals surface area contributed by atoms with Gasteiger partial charge in [-0.1, -0.05) is 34.8 Å². The molecule has 0 radical (unpaired) electrons. The normalized spacial score (nSPS) is 14.3. The summed E-state index contributed by atoms with van der Waals surface area (Å²) in [5.74, 6) is -0.494. The second-order valence-corrected chi connectivity index (χ2v) is 7.23. The van der Waals surface area contributed by atoms with Gasteiger partial charge in [-0.25, -0.2) is 0 Å². The second kappa shape index (κ2) is 8.26. The number of rotatable bonds is 7. The molecule has 7 nitrogen and oxygen atoms in total. The minimum Gasteiger partial charge on any atom is -0.350 e. The van der Waals surface area contributed by atoms with Crippen molar-refractivity contribution < 1.29 is 9.59 Å². The number of hydrogen-bond donors (Lipinski definition) is 1. The van der Waals surface area contributed by atoms with E-state index in [0.717, 1.165) is 35.5 Å². The van der Waals surface area contributed by atoms with Crippen molar-refractivity contribution in [2.75, 3.05) is 0 Å². The first-order valence-corrected chi connectivity index (χ1v) is 9.89. The van der Waals surface area contributed by atoms with Gasteiger partial charge in [0.2, 0.25) is 5.91 Å². The summed E-state index contributed by atoms with van der Waals surface area (Å²) in [5, 5.41) is 8.50. The van der Waals surface area contributed by atoms with Crippen LogP contribution in [0.4, 0.5) is 0 Å². The smallest absolute Gasteiger partial charge is 0.276 e. The van der Waals surface area contributed by atoms with Crippen molar-refractivity contribution in [2.45, 2.75) is 31.5 Å². The molecular formula is C20H19N5O2S. The fraction of sp³-hybridized carbons (Fsp3) is 0.250. The molecule has 1 atom stereocenters.